The Balaban J connectivity index is 1.98. The van der Waals surface area contributed by atoms with Gasteiger partial charge in [-0.3, -0.25) is 0 Å². The van der Waals surface area contributed by atoms with Crippen LogP contribution in [0.25, 0.3) is 22.6 Å². The molecule has 0 saturated carbocycles. The molecule has 27 heavy (non-hydrogen) atoms. The number of H-pyrrole nitrogens is 1. The lowest BCUT2D eigenvalue weighted by atomic mass is 9.97. The van der Waals surface area contributed by atoms with E-state index in [9.17, 15) is 0 Å². The SMILES string of the molecule is CCCCCCc1cc(I)ccc1-c1nc(-c2ccccc2)[nH]c1CCC. The molecule has 0 radical (unpaired) electrons. The van der Waals surface area contributed by atoms with Crippen LogP contribution in [-0.2, 0) is 12.8 Å². The minimum absolute atomic E-state index is 0.976. The van der Waals surface area contributed by atoms with E-state index in [0.717, 1.165) is 36.3 Å². The number of hydrogen-bond donors (Lipinski definition) is 1. The lowest BCUT2D eigenvalue weighted by molar-refractivity contribution is 0.667. The number of benzene rings is 2. The fourth-order valence-corrected chi connectivity index (χ4v) is 4.09. The van der Waals surface area contributed by atoms with Crippen molar-refractivity contribution in [2.75, 3.05) is 0 Å². The number of aryl methyl sites for hydroxylation is 2. The number of nitrogens with zero attached hydrogens (tertiary/aromatic N) is 1. The molecule has 2 aromatic carbocycles. The second kappa shape index (κ2) is 10.1. The Morgan fingerprint density at radius 2 is 1.70 bits per heavy atom. The van der Waals surface area contributed by atoms with Crippen molar-refractivity contribution in [3.63, 3.8) is 0 Å². The molecule has 0 saturated heterocycles. The quantitative estimate of drug-likeness (QED) is 0.255. The van der Waals surface area contributed by atoms with Gasteiger partial charge in [0.2, 0.25) is 0 Å². The van der Waals surface area contributed by atoms with Crippen LogP contribution in [0.15, 0.2) is 48.5 Å². The molecule has 0 fully saturated rings. The van der Waals surface area contributed by atoms with E-state index < -0.39 is 0 Å². The smallest absolute Gasteiger partial charge is 0.138 e. The summed E-state index contributed by atoms with van der Waals surface area (Å²) in [6.07, 6.45) is 8.42. The zero-order valence-corrected chi connectivity index (χ0v) is 18.6. The molecule has 3 aromatic rings. The van der Waals surface area contributed by atoms with E-state index in [1.54, 1.807) is 0 Å². The number of unbranched alkanes of at least 4 members (excludes halogenated alkanes) is 3. The minimum atomic E-state index is 0.976. The second-order valence-corrected chi connectivity index (χ2v) is 8.39. The molecule has 3 rings (SSSR count). The molecule has 0 aliphatic rings. The van der Waals surface area contributed by atoms with Gasteiger partial charge in [0.15, 0.2) is 0 Å². The first-order valence-corrected chi connectivity index (χ1v) is 11.2. The lowest BCUT2D eigenvalue weighted by Crippen LogP contribution is -1.95. The predicted molar refractivity (Wildman–Crippen MR) is 124 cm³/mol. The van der Waals surface area contributed by atoms with Gasteiger partial charge in [0.05, 0.1) is 5.69 Å². The number of hydrogen-bond acceptors (Lipinski definition) is 1. The van der Waals surface area contributed by atoms with Crippen molar-refractivity contribution in [3.8, 4) is 22.6 Å². The van der Waals surface area contributed by atoms with Gasteiger partial charge >= 0.3 is 0 Å². The summed E-state index contributed by atoms with van der Waals surface area (Å²) >= 11 is 2.42. The molecule has 0 unspecified atom stereocenters. The van der Waals surface area contributed by atoms with E-state index in [-0.39, 0.29) is 0 Å². The minimum Gasteiger partial charge on any atom is -0.341 e. The highest BCUT2D eigenvalue weighted by molar-refractivity contribution is 14.1. The highest BCUT2D eigenvalue weighted by atomic mass is 127. The Labute approximate surface area is 177 Å². The van der Waals surface area contributed by atoms with Crippen molar-refractivity contribution in [3.05, 3.63) is 63.4 Å². The number of nitrogens with one attached hydrogen (secondary N) is 1. The van der Waals surface area contributed by atoms with Crippen molar-refractivity contribution in [2.24, 2.45) is 0 Å². The van der Waals surface area contributed by atoms with Gasteiger partial charge in [0.1, 0.15) is 5.82 Å². The summed E-state index contributed by atoms with van der Waals surface area (Å²) in [7, 11) is 0. The molecule has 0 aliphatic heterocycles. The molecule has 142 valence electrons. The predicted octanol–water partition coefficient (Wildman–Crippen LogP) is 7.42. The van der Waals surface area contributed by atoms with Gasteiger partial charge in [-0.05, 0) is 59.5 Å². The maximum absolute atomic E-state index is 5.05. The topological polar surface area (TPSA) is 28.7 Å². The number of aromatic amines is 1. The third-order valence-electron chi connectivity index (χ3n) is 4.95. The van der Waals surface area contributed by atoms with Gasteiger partial charge in [-0.25, -0.2) is 4.98 Å². The molecule has 3 heteroatoms. The lowest BCUT2D eigenvalue weighted by Gasteiger charge is -2.10. The Bertz CT molecular complexity index is 852. The van der Waals surface area contributed by atoms with Crippen LogP contribution in [0.5, 0.6) is 0 Å². The van der Waals surface area contributed by atoms with Gasteiger partial charge < -0.3 is 4.98 Å². The summed E-state index contributed by atoms with van der Waals surface area (Å²) in [5, 5.41) is 0. The van der Waals surface area contributed by atoms with Gasteiger partial charge in [0, 0.05) is 20.4 Å². The van der Waals surface area contributed by atoms with Gasteiger partial charge in [-0.1, -0.05) is 75.9 Å². The summed E-state index contributed by atoms with van der Waals surface area (Å²) < 4.78 is 1.30. The zero-order valence-electron chi connectivity index (χ0n) is 16.4. The average molecular weight is 472 g/mol. The first kappa shape index (κ1) is 20.1. The monoisotopic (exact) mass is 472 g/mol. The van der Waals surface area contributed by atoms with E-state index in [4.69, 9.17) is 4.98 Å². The van der Waals surface area contributed by atoms with Gasteiger partial charge in [0.25, 0.3) is 0 Å². The third-order valence-corrected chi connectivity index (χ3v) is 5.62. The van der Waals surface area contributed by atoms with Crippen LogP contribution >= 0.6 is 22.6 Å². The molecule has 1 aromatic heterocycles. The number of rotatable bonds is 9. The summed E-state index contributed by atoms with van der Waals surface area (Å²) in [5.74, 6) is 0.976. The molecular formula is C24H29IN2. The van der Waals surface area contributed by atoms with Crippen LogP contribution in [0, 0.1) is 3.57 Å². The standard InChI is InChI=1S/C24H29IN2/c1-3-5-6-8-14-19-17-20(25)15-16-21(19)23-22(11-4-2)26-24(27-23)18-12-9-7-10-13-18/h7,9-10,12-13,15-17H,3-6,8,11,14H2,1-2H3,(H,26,27). The first-order valence-electron chi connectivity index (χ1n) is 10.2. The first-order chi connectivity index (χ1) is 13.2. The van der Waals surface area contributed by atoms with Gasteiger partial charge in [-0.2, -0.15) is 0 Å². The number of halogens is 1. The highest BCUT2D eigenvalue weighted by Crippen LogP contribution is 2.31. The van der Waals surface area contributed by atoms with E-state index in [1.807, 2.05) is 6.07 Å². The van der Waals surface area contributed by atoms with Crippen molar-refractivity contribution in [1.82, 2.24) is 9.97 Å². The van der Waals surface area contributed by atoms with E-state index in [2.05, 4.69) is 83.9 Å². The summed E-state index contributed by atoms with van der Waals surface area (Å²) in [5.41, 5.74) is 6.27. The van der Waals surface area contributed by atoms with Crippen molar-refractivity contribution < 1.29 is 0 Å². The molecule has 0 aliphatic carbocycles. The zero-order chi connectivity index (χ0) is 19.1. The molecule has 1 N–H and O–H groups in total. The summed E-state index contributed by atoms with van der Waals surface area (Å²) in [6, 6.07) is 17.2. The Morgan fingerprint density at radius 3 is 2.44 bits per heavy atom. The largest absolute Gasteiger partial charge is 0.341 e. The molecule has 1 heterocycles. The van der Waals surface area contributed by atoms with Crippen LogP contribution in [-0.4, -0.2) is 9.97 Å². The Kier molecular flexibility index (Phi) is 7.50. The average Bonchev–Trinajstić information content (AvgIpc) is 3.10. The molecule has 2 nitrogen and oxygen atoms in total. The fourth-order valence-electron chi connectivity index (χ4n) is 3.54. The van der Waals surface area contributed by atoms with Crippen molar-refractivity contribution in [2.45, 2.75) is 58.8 Å². The summed E-state index contributed by atoms with van der Waals surface area (Å²) in [6.45, 7) is 4.50. The maximum Gasteiger partial charge on any atom is 0.138 e. The van der Waals surface area contributed by atoms with E-state index >= 15 is 0 Å². The molecular weight excluding hydrogens is 443 g/mol. The van der Waals surface area contributed by atoms with Crippen LogP contribution < -0.4 is 0 Å². The third kappa shape index (κ3) is 5.22. The fraction of sp³-hybridized carbons (Fsp3) is 0.375. The molecule has 0 amide bonds. The Hall–Kier alpha value is -1.62. The summed E-state index contributed by atoms with van der Waals surface area (Å²) in [4.78, 5) is 8.65. The number of imidazole rings is 1. The molecule has 0 atom stereocenters. The molecule has 0 spiro atoms. The van der Waals surface area contributed by atoms with Crippen LogP contribution in [0.4, 0.5) is 0 Å². The van der Waals surface area contributed by atoms with Crippen LogP contribution in [0.2, 0.25) is 0 Å². The van der Waals surface area contributed by atoms with Crippen molar-refractivity contribution in [1.29, 1.82) is 0 Å². The van der Waals surface area contributed by atoms with Crippen LogP contribution in [0.3, 0.4) is 0 Å². The second-order valence-electron chi connectivity index (χ2n) is 7.14. The Morgan fingerprint density at radius 1 is 0.889 bits per heavy atom. The van der Waals surface area contributed by atoms with Crippen LogP contribution in [0.1, 0.15) is 57.2 Å². The van der Waals surface area contributed by atoms with E-state index in [1.165, 1.54) is 46.1 Å². The molecule has 0 bridgehead atoms. The number of aromatic nitrogens is 2. The maximum atomic E-state index is 5.05. The van der Waals surface area contributed by atoms with Crippen molar-refractivity contribution >= 4 is 22.6 Å². The normalized spacial score (nSPS) is 11.1. The van der Waals surface area contributed by atoms with E-state index in [0.29, 0.717) is 0 Å². The van der Waals surface area contributed by atoms with Gasteiger partial charge in [-0.15, -0.1) is 0 Å². The highest BCUT2D eigenvalue weighted by Gasteiger charge is 2.16.